The Labute approximate surface area is 207 Å². The number of carbonyl (C=O) groups excluding carboxylic acids is 2. The first-order valence-electron chi connectivity index (χ1n) is 11.6. The van der Waals surface area contributed by atoms with Crippen LogP contribution in [-0.2, 0) is 11.3 Å². The molecule has 9 heteroatoms. The van der Waals surface area contributed by atoms with Crippen LogP contribution in [0.25, 0.3) is 10.8 Å². The molecule has 0 fully saturated rings. The van der Waals surface area contributed by atoms with Gasteiger partial charge in [-0.25, -0.2) is 14.9 Å². The quantitative estimate of drug-likeness (QED) is 0.235. The summed E-state index contributed by atoms with van der Waals surface area (Å²) >= 11 is 0. The molecule has 2 heterocycles. The molecule has 0 unspecified atom stereocenters. The number of amides is 1. The zero-order chi connectivity index (χ0) is 25.8. The number of esters is 1. The van der Waals surface area contributed by atoms with Gasteiger partial charge in [-0.2, -0.15) is 10.2 Å². The Morgan fingerprint density at radius 2 is 1.72 bits per heavy atom. The third kappa shape index (κ3) is 4.81. The van der Waals surface area contributed by atoms with E-state index in [0.29, 0.717) is 39.0 Å². The number of hydrogen-bond donors (Lipinski definition) is 2. The maximum absolute atomic E-state index is 13.2. The van der Waals surface area contributed by atoms with Crippen molar-refractivity contribution in [1.29, 1.82) is 0 Å². The average Bonchev–Trinajstić information content (AvgIpc) is 3.18. The van der Waals surface area contributed by atoms with Crippen molar-refractivity contribution >= 4 is 28.4 Å². The summed E-state index contributed by atoms with van der Waals surface area (Å²) in [5.74, 6) is -0.970. The number of nitrogens with zero attached hydrogens (tertiary/aromatic N) is 3. The van der Waals surface area contributed by atoms with Gasteiger partial charge in [0.15, 0.2) is 5.69 Å². The Morgan fingerprint density at radius 1 is 1.06 bits per heavy atom. The van der Waals surface area contributed by atoms with Gasteiger partial charge in [-0.3, -0.25) is 9.59 Å². The number of aryl methyl sites for hydroxylation is 1. The van der Waals surface area contributed by atoms with Crippen molar-refractivity contribution in [2.75, 3.05) is 6.61 Å². The lowest BCUT2D eigenvalue weighted by Gasteiger charge is -2.10. The predicted octanol–water partition coefficient (Wildman–Crippen LogP) is 3.72. The van der Waals surface area contributed by atoms with Crippen molar-refractivity contribution in [3.63, 3.8) is 0 Å². The average molecular weight is 486 g/mol. The van der Waals surface area contributed by atoms with Crippen LogP contribution < -0.4 is 11.0 Å². The summed E-state index contributed by atoms with van der Waals surface area (Å²) in [6.45, 7) is 7.54. The first kappa shape index (κ1) is 24.6. The molecule has 0 radical (unpaired) electrons. The summed E-state index contributed by atoms with van der Waals surface area (Å²) in [6.07, 6.45) is 0. The normalized spacial score (nSPS) is 11.5. The molecule has 0 aliphatic heterocycles. The standard InChI is InChI=1S/C27H27N5O4/c1-5-36-27(35)22-16(2)23(28-17(22)3)18(4)29-30-25(33)24-20-13-9-10-14-21(20)26(34)32(31-24)15-19-11-7-6-8-12-19/h6-14,28H,5,15H2,1-4H3,(H,30,33)/b29-18+. The number of rotatable bonds is 7. The van der Waals surface area contributed by atoms with Crippen molar-refractivity contribution in [3.05, 3.63) is 98.7 Å². The molecule has 0 saturated carbocycles. The number of carbonyl (C=O) groups is 2. The molecule has 184 valence electrons. The van der Waals surface area contributed by atoms with E-state index < -0.39 is 11.9 Å². The number of H-pyrrole nitrogens is 1. The van der Waals surface area contributed by atoms with E-state index in [0.717, 1.165) is 5.56 Å². The summed E-state index contributed by atoms with van der Waals surface area (Å²) < 4.78 is 6.42. The number of aromatic amines is 1. The van der Waals surface area contributed by atoms with Crippen LogP contribution in [0.3, 0.4) is 0 Å². The largest absolute Gasteiger partial charge is 0.462 e. The molecular weight excluding hydrogens is 458 g/mol. The van der Waals surface area contributed by atoms with Gasteiger partial charge in [0.25, 0.3) is 11.5 Å². The SMILES string of the molecule is CCOC(=O)c1c(C)[nH]c(/C(C)=N/NC(=O)c2nn(Cc3ccccc3)c(=O)c3ccccc23)c1C. The lowest BCUT2D eigenvalue weighted by atomic mass is 10.1. The number of ether oxygens (including phenoxy) is 1. The maximum atomic E-state index is 13.2. The minimum Gasteiger partial charge on any atom is -0.462 e. The zero-order valence-electron chi connectivity index (χ0n) is 20.6. The van der Waals surface area contributed by atoms with E-state index in [1.165, 1.54) is 4.68 Å². The summed E-state index contributed by atoms with van der Waals surface area (Å²) in [6, 6.07) is 16.3. The molecule has 36 heavy (non-hydrogen) atoms. The highest BCUT2D eigenvalue weighted by atomic mass is 16.5. The van der Waals surface area contributed by atoms with E-state index in [1.54, 1.807) is 52.0 Å². The fourth-order valence-electron chi connectivity index (χ4n) is 4.13. The molecule has 2 aromatic carbocycles. The van der Waals surface area contributed by atoms with Gasteiger partial charge in [0.05, 0.1) is 35.5 Å². The third-order valence-corrected chi connectivity index (χ3v) is 5.86. The second-order valence-corrected chi connectivity index (χ2v) is 8.33. The van der Waals surface area contributed by atoms with Crippen LogP contribution in [0.2, 0.25) is 0 Å². The van der Waals surface area contributed by atoms with Gasteiger partial charge in [-0.1, -0.05) is 48.5 Å². The molecule has 9 nitrogen and oxygen atoms in total. The highest BCUT2D eigenvalue weighted by Crippen LogP contribution is 2.20. The molecule has 0 aliphatic rings. The van der Waals surface area contributed by atoms with Gasteiger partial charge in [-0.15, -0.1) is 0 Å². The number of hydrogen-bond acceptors (Lipinski definition) is 6. The van der Waals surface area contributed by atoms with Crippen molar-refractivity contribution in [1.82, 2.24) is 20.2 Å². The van der Waals surface area contributed by atoms with Crippen LogP contribution in [0.15, 0.2) is 64.5 Å². The minimum absolute atomic E-state index is 0.0873. The molecule has 4 aromatic rings. The van der Waals surface area contributed by atoms with Crippen molar-refractivity contribution < 1.29 is 14.3 Å². The minimum atomic E-state index is -0.557. The van der Waals surface area contributed by atoms with Crippen molar-refractivity contribution in [2.24, 2.45) is 5.10 Å². The van der Waals surface area contributed by atoms with E-state index in [1.807, 2.05) is 30.3 Å². The fraction of sp³-hybridized carbons (Fsp3) is 0.222. The highest BCUT2D eigenvalue weighted by molar-refractivity contribution is 6.07. The summed E-state index contributed by atoms with van der Waals surface area (Å²) in [4.78, 5) is 41.7. The van der Waals surface area contributed by atoms with Crippen LogP contribution in [0.5, 0.6) is 0 Å². The molecule has 1 amide bonds. The summed E-state index contributed by atoms with van der Waals surface area (Å²) in [7, 11) is 0. The van der Waals surface area contributed by atoms with Crippen LogP contribution >= 0.6 is 0 Å². The zero-order valence-corrected chi connectivity index (χ0v) is 20.6. The Bertz CT molecular complexity index is 1530. The van der Waals surface area contributed by atoms with Gasteiger partial charge >= 0.3 is 5.97 Å². The lowest BCUT2D eigenvalue weighted by molar-refractivity contribution is 0.0524. The molecule has 2 N–H and O–H groups in total. The first-order chi connectivity index (χ1) is 17.3. The summed E-state index contributed by atoms with van der Waals surface area (Å²) in [5.41, 5.74) is 6.11. The van der Waals surface area contributed by atoms with Gasteiger partial charge in [0.2, 0.25) is 0 Å². The van der Waals surface area contributed by atoms with Gasteiger partial charge < -0.3 is 9.72 Å². The Hall–Kier alpha value is -4.53. The predicted molar refractivity (Wildman–Crippen MR) is 137 cm³/mol. The topological polar surface area (TPSA) is 118 Å². The molecule has 4 rings (SSSR count). The second-order valence-electron chi connectivity index (χ2n) is 8.33. The Balaban J connectivity index is 1.67. The number of aromatic nitrogens is 3. The van der Waals surface area contributed by atoms with E-state index in [9.17, 15) is 14.4 Å². The van der Waals surface area contributed by atoms with Crippen LogP contribution in [0.4, 0.5) is 0 Å². The van der Waals surface area contributed by atoms with Crippen LogP contribution in [-0.4, -0.2) is 39.0 Å². The third-order valence-electron chi connectivity index (χ3n) is 5.86. The molecule has 2 aromatic heterocycles. The van der Waals surface area contributed by atoms with Crippen LogP contribution in [0.1, 0.15) is 57.2 Å². The molecular formula is C27H27N5O4. The van der Waals surface area contributed by atoms with Crippen LogP contribution in [0, 0.1) is 13.8 Å². The summed E-state index contributed by atoms with van der Waals surface area (Å²) in [5, 5.41) is 9.45. The first-order valence-corrected chi connectivity index (χ1v) is 11.6. The monoisotopic (exact) mass is 485 g/mol. The van der Waals surface area contributed by atoms with E-state index >= 15 is 0 Å². The van der Waals surface area contributed by atoms with Crippen molar-refractivity contribution in [2.45, 2.75) is 34.2 Å². The van der Waals surface area contributed by atoms with E-state index in [4.69, 9.17) is 4.74 Å². The second kappa shape index (κ2) is 10.4. The molecule has 0 aliphatic carbocycles. The lowest BCUT2D eigenvalue weighted by Crippen LogP contribution is -2.29. The van der Waals surface area contributed by atoms with E-state index in [-0.39, 0.29) is 24.4 Å². The number of benzene rings is 2. The number of fused-ring (bicyclic) bond motifs is 1. The highest BCUT2D eigenvalue weighted by Gasteiger charge is 2.21. The molecule has 0 spiro atoms. The number of hydrazone groups is 1. The Morgan fingerprint density at radius 3 is 2.42 bits per heavy atom. The smallest absolute Gasteiger partial charge is 0.340 e. The Kier molecular flexibility index (Phi) is 7.10. The van der Waals surface area contributed by atoms with Gasteiger partial charge in [0, 0.05) is 11.1 Å². The molecule has 0 bridgehead atoms. The molecule has 0 atom stereocenters. The van der Waals surface area contributed by atoms with Crippen molar-refractivity contribution in [3.8, 4) is 0 Å². The van der Waals surface area contributed by atoms with Gasteiger partial charge in [0.1, 0.15) is 0 Å². The fourth-order valence-corrected chi connectivity index (χ4v) is 4.13. The molecule has 0 saturated heterocycles. The maximum Gasteiger partial charge on any atom is 0.340 e. The number of nitrogens with one attached hydrogen (secondary N) is 2. The van der Waals surface area contributed by atoms with E-state index in [2.05, 4.69) is 20.6 Å². The van der Waals surface area contributed by atoms with Gasteiger partial charge in [-0.05, 0) is 44.9 Å².